The van der Waals surface area contributed by atoms with Gasteiger partial charge in [-0.2, -0.15) is 0 Å². The van der Waals surface area contributed by atoms with E-state index >= 15 is 0 Å². The molecule has 1 unspecified atom stereocenters. The maximum atomic E-state index is 11.8. The summed E-state index contributed by atoms with van der Waals surface area (Å²) in [4.78, 5) is 20.0. The fraction of sp³-hybridized carbons (Fsp3) is 0.130. The Morgan fingerprint density at radius 1 is 1.14 bits per heavy atom. The lowest BCUT2D eigenvalue weighted by Gasteiger charge is -2.25. The number of allylic oxidation sites excluding steroid dienone is 2. The molecular formula is C23H21N5O. The highest BCUT2D eigenvalue weighted by atomic mass is 16.1. The SMILES string of the molecule is NC(=O)c1cccc2c(C3N=C(NCc4ccccc4)C4=C(C=CC4)N3)[nH]cc12. The summed E-state index contributed by atoms with van der Waals surface area (Å²) >= 11 is 0. The number of amidine groups is 1. The van der Waals surface area contributed by atoms with Crippen molar-refractivity contribution in [1.29, 1.82) is 0 Å². The number of hydrogen-bond donors (Lipinski definition) is 4. The highest BCUT2D eigenvalue weighted by Crippen LogP contribution is 2.32. The molecule has 5 rings (SSSR count). The summed E-state index contributed by atoms with van der Waals surface area (Å²) in [5, 5.41) is 8.76. The second kappa shape index (κ2) is 6.98. The van der Waals surface area contributed by atoms with E-state index in [9.17, 15) is 4.79 Å². The van der Waals surface area contributed by atoms with Crippen LogP contribution in [0.1, 0.15) is 34.2 Å². The molecule has 2 heterocycles. The van der Waals surface area contributed by atoms with E-state index in [1.807, 2.05) is 36.5 Å². The van der Waals surface area contributed by atoms with Crippen molar-refractivity contribution in [1.82, 2.24) is 15.6 Å². The zero-order valence-corrected chi connectivity index (χ0v) is 15.8. The first-order valence-corrected chi connectivity index (χ1v) is 9.62. The molecular weight excluding hydrogens is 362 g/mol. The number of hydrogen-bond acceptors (Lipinski definition) is 4. The van der Waals surface area contributed by atoms with Crippen molar-refractivity contribution in [2.24, 2.45) is 10.7 Å². The summed E-state index contributed by atoms with van der Waals surface area (Å²) < 4.78 is 0. The minimum absolute atomic E-state index is 0.282. The fourth-order valence-corrected chi connectivity index (χ4v) is 3.95. The van der Waals surface area contributed by atoms with Crippen LogP contribution >= 0.6 is 0 Å². The molecule has 6 heteroatoms. The highest BCUT2D eigenvalue weighted by molar-refractivity contribution is 6.07. The number of amides is 1. The van der Waals surface area contributed by atoms with Crippen LogP contribution < -0.4 is 16.4 Å². The molecule has 1 atom stereocenters. The molecule has 5 N–H and O–H groups in total. The van der Waals surface area contributed by atoms with Gasteiger partial charge in [0.25, 0.3) is 0 Å². The smallest absolute Gasteiger partial charge is 0.249 e. The lowest BCUT2D eigenvalue weighted by atomic mass is 10.0. The van der Waals surface area contributed by atoms with Gasteiger partial charge in [0.05, 0.1) is 5.69 Å². The molecule has 0 saturated heterocycles. The van der Waals surface area contributed by atoms with E-state index in [2.05, 4.69) is 39.9 Å². The molecule has 1 aliphatic carbocycles. The Kier molecular flexibility index (Phi) is 4.17. The maximum Gasteiger partial charge on any atom is 0.249 e. The molecule has 29 heavy (non-hydrogen) atoms. The Morgan fingerprint density at radius 2 is 2.00 bits per heavy atom. The van der Waals surface area contributed by atoms with Gasteiger partial charge in [-0.1, -0.05) is 48.5 Å². The van der Waals surface area contributed by atoms with Crippen molar-refractivity contribution < 1.29 is 4.79 Å². The number of aliphatic imine (C=N–C) groups is 1. The fourth-order valence-electron chi connectivity index (χ4n) is 3.95. The monoisotopic (exact) mass is 383 g/mol. The van der Waals surface area contributed by atoms with Crippen molar-refractivity contribution in [3.8, 4) is 0 Å². The van der Waals surface area contributed by atoms with Crippen molar-refractivity contribution in [3.05, 3.63) is 95.0 Å². The van der Waals surface area contributed by atoms with E-state index in [0.717, 1.165) is 34.4 Å². The highest BCUT2D eigenvalue weighted by Gasteiger charge is 2.27. The van der Waals surface area contributed by atoms with Crippen molar-refractivity contribution >= 4 is 22.5 Å². The van der Waals surface area contributed by atoms with Crippen LogP contribution in [0.15, 0.2) is 83.1 Å². The molecule has 1 amide bonds. The van der Waals surface area contributed by atoms with Gasteiger partial charge in [-0.3, -0.25) is 4.79 Å². The summed E-state index contributed by atoms with van der Waals surface area (Å²) in [6.45, 7) is 0.709. The van der Waals surface area contributed by atoms with Crippen LogP contribution in [0, 0.1) is 0 Å². The maximum absolute atomic E-state index is 11.8. The number of benzene rings is 2. The van der Waals surface area contributed by atoms with E-state index in [1.54, 1.807) is 6.07 Å². The summed E-state index contributed by atoms with van der Waals surface area (Å²) in [6, 6.07) is 15.8. The summed E-state index contributed by atoms with van der Waals surface area (Å²) in [5.74, 6) is 0.460. The average molecular weight is 383 g/mol. The third kappa shape index (κ3) is 3.08. The topological polar surface area (TPSA) is 95.3 Å². The molecule has 1 aliphatic heterocycles. The number of H-pyrrole nitrogens is 1. The summed E-state index contributed by atoms with van der Waals surface area (Å²) in [7, 11) is 0. The number of aromatic nitrogens is 1. The van der Waals surface area contributed by atoms with E-state index in [1.165, 1.54) is 11.1 Å². The zero-order valence-electron chi connectivity index (χ0n) is 15.8. The van der Waals surface area contributed by atoms with Crippen LogP contribution in [-0.4, -0.2) is 16.7 Å². The number of aromatic amines is 1. The molecule has 6 nitrogen and oxygen atoms in total. The number of carbonyl (C=O) groups excluding carboxylic acids is 1. The Morgan fingerprint density at radius 3 is 2.83 bits per heavy atom. The Balaban J connectivity index is 1.50. The van der Waals surface area contributed by atoms with Gasteiger partial charge in [0.1, 0.15) is 5.84 Å². The van der Waals surface area contributed by atoms with Gasteiger partial charge >= 0.3 is 0 Å². The number of nitrogens with zero attached hydrogens (tertiary/aromatic N) is 1. The second-order valence-electron chi connectivity index (χ2n) is 7.20. The largest absolute Gasteiger partial charge is 0.366 e. The number of nitrogens with two attached hydrogens (primary N) is 1. The summed E-state index contributed by atoms with van der Waals surface area (Å²) in [6.07, 6.45) is 6.63. The molecule has 0 fully saturated rings. The molecule has 144 valence electrons. The first-order valence-electron chi connectivity index (χ1n) is 9.62. The van der Waals surface area contributed by atoms with Crippen LogP contribution in [0.25, 0.3) is 10.8 Å². The Hall–Kier alpha value is -3.80. The van der Waals surface area contributed by atoms with E-state index in [-0.39, 0.29) is 6.17 Å². The molecule has 0 spiro atoms. The zero-order chi connectivity index (χ0) is 19.8. The van der Waals surface area contributed by atoms with Gasteiger partial charge in [0, 0.05) is 40.3 Å². The third-order valence-corrected chi connectivity index (χ3v) is 5.38. The number of primary amides is 1. The minimum atomic E-state index is -0.435. The van der Waals surface area contributed by atoms with E-state index in [4.69, 9.17) is 10.7 Å². The molecule has 2 aromatic carbocycles. The predicted molar refractivity (Wildman–Crippen MR) is 114 cm³/mol. The number of fused-ring (bicyclic) bond motifs is 1. The van der Waals surface area contributed by atoms with Crippen LogP contribution in [0.4, 0.5) is 0 Å². The van der Waals surface area contributed by atoms with Gasteiger partial charge in [-0.05, 0) is 24.1 Å². The molecule has 0 radical (unpaired) electrons. The van der Waals surface area contributed by atoms with Gasteiger partial charge in [-0.15, -0.1) is 0 Å². The van der Waals surface area contributed by atoms with Gasteiger partial charge in [-0.25, -0.2) is 4.99 Å². The third-order valence-electron chi connectivity index (χ3n) is 5.38. The summed E-state index contributed by atoms with van der Waals surface area (Å²) in [5.41, 5.74) is 10.4. The molecule has 2 aliphatic rings. The van der Waals surface area contributed by atoms with Gasteiger partial charge in [0.15, 0.2) is 6.17 Å². The van der Waals surface area contributed by atoms with E-state index < -0.39 is 5.91 Å². The minimum Gasteiger partial charge on any atom is -0.366 e. The number of nitrogens with one attached hydrogen (secondary N) is 3. The molecule has 0 saturated carbocycles. The second-order valence-corrected chi connectivity index (χ2v) is 7.20. The number of carbonyl (C=O) groups is 1. The van der Waals surface area contributed by atoms with Gasteiger partial charge in [0.2, 0.25) is 5.91 Å². The molecule has 1 aromatic heterocycles. The Bertz CT molecular complexity index is 1190. The quantitative estimate of drug-likeness (QED) is 0.557. The lowest BCUT2D eigenvalue weighted by Crippen LogP contribution is -2.34. The van der Waals surface area contributed by atoms with Crippen LogP contribution in [0.3, 0.4) is 0 Å². The normalized spacial score (nSPS) is 17.8. The van der Waals surface area contributed by atoms with Crippen molar-refractivity contribution in [2.75, 3.05) is 0 Å². The number of rotatable bonds is 4. The van der Waals surface area contributed by atoms with Crippen LogP contribution in [0.5, 0.6) is 0 Å². The van der Waals surface area contributed by atoms with Gasteiger partial charge < -0.3 is 21.4 Å². The first-order chi connectivity index (χ1) is 14.2. The Labute approximate surface area is 168 Å². The van der Waals surface area contributed by atoms with Crippen molar-refractivity contribution in [3.63, 3.8) is 0 Å². The lowest BCUT2D eigenvalue weighted by molar-refractivity contribution is 0.100. The van der Waals surface area contributed by atoms with E-state index in [0.29, 0.717) is 12.1 Å². The van der Waals surface area contributed by atoms with Crippen molar-refractivity contribution in [2.45, 2.75) is 19.1 Å². The first kappa shape index (κ1) is 17.3. The van der Waals surface area contributed by atoms with Crippen LogP contribution in [0.2, 0.25) is 0 Å². The predicted octanol–water partition coefficient (Wildman–Crippen LogP) is 3.27. The average Bonchev–Trinajstić information content (AvgIpc) is 3.39. The van der Waals surface area contributed by atoms with Crippen LogP contribution in [-0.2, 0) is 6.54 Å². The molecule has 0 bridgehead atoms. The standard InChI is InChI=1S/C23H21N5O/c24-21(29)16-9-4-8-15-18(16)13-25-20(15)23-27-19-11-5-10-17(19)22(28-23)26-12-14-6-2-1-3-7-14/h1-9,11,13,23,25,27H,10,12H2,(H2,24,29)(H,26,28). The molecule has 3 aromatic rings.